The standard InChI is InChI=1S/C13H11ClO4S/c14-12-5-4-11(19-12)10(13(16)17)7-18-9-3-1-2-8(15)6-9/h1-6,10,15H,7H2,(H,16,17). The van der Waals surface area contributed by atoms with E-state index in [-0.39, 0.29) is 12.4 Å². The molecule has 1 unspecified atom stereocenters. The van der Waals surface area contributed by atoms with Gasteiger partial charge in [0.2, 0.25) is 0 Å². The summed E-state index contributed by atoms with van der Waals surface area (Å²) in [5.74, 6) is -1.25. The third-order valence-corrected chi connectivity index (χ3v) is 3.81. The first-order valence-electron chi connectivity index (χ1n) is 5.46. The molecule has 2 aromatic rings. The molecule has 0 bridgehead atoms. The van der Waals surface area contributed by atoms with Crippen molar-refractivity contribution in [2.24, 2.45) is 0 Å². The van der Waals surface area contributed by atoms with Gasteiger partial charge >= 0.3 is 5.97 Å². The second-order valence-corrected chi connectivity index (χ2v) is 5.59. The Morgan fingerprint density at radius 1 is 1.37 bits per heavy atom. The van der Waals surface area contributed by atoms with Gasteiger partial charge in [-0.1, -0.05) is 17.7 Å². The van der Waals surface area contributed by atoms with E-state index >= 15 is 0 Å². The van der Waals surface area contributed by atoms with Gasteiger partial charge < -0.3 is 14.9 Å². The molecule has 1 aromatic carbocycles. The van der Waals surface area contributed by atoms with Gasteiger partial charge in [-0.2, -0.15) is 0 Å². The topological polar surface area (TPSA) is 66.8 Å². The smallest absolute Gasteiger partial charge is 0.315 e. The van der Waals surface area contributed by atoms with Crippen LogP contribution in [0, 0.1) is 0 Å². The SMILES string of the molecule is O=C(O)C(COc1cccc(O)c1)c1ccc(Cl)s1. The number of rotatable bonds is 5. The van der Waals surface area contributed by atoms with Crippen molar-refractivity contribution in [1.82, 2.24) is 0 Å². The lowest BCUT2D eigenvalue weighted by Crippen LogP contribution is -2.18. The number of ether oxygens (including phenoxy) is 1. The Bertz CT molecular complexity index is 582. The predicted molar refractivity (Wildman–Crippen MR) is 73.3 cm³/mol. The lowest BCUT2D eigenvalue weighted by atomic mass is 10.1. The van der Waals surface area contributed by atoms with Crippen LogP contribution in [-0.2, 0) is 4.79 Å². The summed E-state index contributed by atoms with van der Waals surface area (Å²) in [5, 5.41) is 18.5. The highest BCUT2D eigenvalue weighted by Gasteiger charge is 2.22. The second-order valence-electron chi connectivity index (χ2n) is 3.84. The number of hydrogen-bond donors (Lipinski definition) is 2. The van der Waals surface area contributed by atoms with Gasteiger partial charge in [0.15, 0.2) is 0 Å². The van der Waals surface area contributed by atoms with Crippen molar-refractivity contribution in [2.75, 3.05) is 6.61 Å². The Balaban J connectivity index is 2.08. The van der Waals surface area contributed by atoms with Crippen LogP contribution in [0.25, 0.3) is 0 Å². The molecule has 1 heterocycles. The maximum absolute atomic E-state index is 11.2. The molecule has 4 nitrogen and oxygen atoms in total. The minimum absolute atomic E-state index is 0.0182. The number of thiophene rings is 1. The third-order valence-electron chi connectivity index (χ3n) is 2.47. The minimum Gasteiger partial charge on any atom is -0.508 e. The number of hydrogen-bond acceptors (Lipinski definition) is 4. The lowest BCUT2D eigenvalue weighted by molar-refractivity contribution is -0.139. The second kappa shape index (κ2) is 5.95. The van der Waals surface area contributed by atoms with Crippen molar-refractivity contribution >= 4 is 28.9 Å². The molecule has 0 aliphatic carbocycles. The first-order chi connectivity index (χ1) is 9.06. The van der Waals surface area contributed by atoms with Gasteiger partial charge in [0.1, 0.15) is 24.0 Å². The van der Waals surface area contributed by atoms with Crippen molar-refractivity contribution in [3.05, 3.63) is 45.6 Å². The highest BCUT2D eigenvalue weighted by molar-refractivity contribution is 7.16. The fraction of sp³-hybridized carbons (Fsp3) is 0.154. The van der Waals surface area contributed by atoms with Crippen LogP contribution in [0.15, 0.2) is 36.4 Å². The van der Waals surface area contributed by atoms with E-state index in [0.29, 0.717) is 15.0 Å². The van der Waals surface area contributed by atoms with E-state index in [0.717, 1.165) is 0 Å². The third kappa shape index (κ3) is 3.62. The molecule has 1 atom stereocenters. The van der Waals surface area contributed by atoms with E-state index < -0.39 is 11.9 Å². The van der Waals surface area contributed by atoms with Crippen LogP contribution in [-0.4, -0.2) is 22.8 Å². The van der Waals surface area contributed by atoms with E-state index in [1.165, 1.54) is 23.5 Å². The molecule has 1 aromatic heterocycles. The fourth-order valence-corrected chi connectivity index (χ4v) is 2.68. The van der Waals surface area contributed by atoms with Crippen molar-refractivity contribution in [3.8, 4) is 11.5 Å². The summed E-state index contributed by atoms with van der Waals surface area (Å²) in [6.45, 7) is -0.0182. The van der Waals surface area contributed by atoms with Gasteiger partial charge in [0.05, 0.1) is 4.34 Å². The van der Waals surface area contributed by atoms with Crippen molar-refractivity contribution in [1.29, 1.82) is 0 Å². The zero-order valence-electron chi connectivity index (χ0n) is 9.75. The number of carboxylic acid groups (broad SMARTS) is 1. The van der Waals surface area contributed by atoms with Crippen molar-refractivity contribution in [3.63, 3.8) is 0 Å². The molecule has 19 heavy (non-hydrogen) atoms. The maximum Gasteiger partial charge on any atom is 0.315 e. The largest absolute Gasteiger partial charge is 0.508 e. The van der Waals surface area contributed by atoms with E-state index in [9.17, 15) is 15.0 Å². The maximum atomic E-state index is 11.2. The lowest BCUT2D eigenvalue weighted by Gasteiger charge is -2.12. The molecule has 0 aliphatic heterocycles. The molecular weight excluding hydrogens is 288 g/mol. The van der Waals surface area contributed by atoms with Crippen LogP contribution < -0.4 is 4.74 Å². The molecule has 0 fully saturated rings. The van der Waals surface area contributed by atoms with Crippen LogP contribution in [0.5, 0.6) is 11.5 Å². The Labute approximate surface area is 118 Å². The normalized spacial score (nSPS) is 12.1. The average molecular weight is 299 g/mol. The number of halogens is 1. The van der Waals surface area contributed by atoms with Crippen LogP contribution in [0.1, 0.15) is 10.8 Å². The summed E-state index contributed by atoms with van der Waals surface area (Å²) in [6, 6.07) is 9.56. The molecule has 0 radical (unpaired) electrons. The number of phenolic OH excluding ortho intramolecular Hbond substituents is 1. The number of benzene rings is 1. The fourth-order valence-electron chi connectivity index (χ4n) is 1.54. The summed E-state index contributed by atoms with van der Waals surface area (Å²) in [7, 11) is 0. The van der Waals surface area contributed by atoms with Gasteiger partial charge in [-0.05, 0) is 24.3 Å². The number of aliphatic carboxylic acids is 1. The zero-order chi connectivity index (χ0) is 13.8. The first kappa shape index (κ1) is 13.7. The van der Waals surface area contributed by atoms with E-state index in [1.807, 2.05) is 0 Å². The van der Waals surface area contributed by atoms with Crippen LogP contribution >= 0.6 is 22.9 Å². The van der Waals surface area contributed by atoms with Crippen LogP contribution in [0.3, 0.4) is 0 Å². The van der Waals surface area contributed by atoms with Crippen LogP contribution in [0.4, 0.5) is 0 Å². The highest BCUT2D eigenvalue weighted by atomic mass is 35.5. The Kier molecular flexibility index (Phi) is 4.29. The van der Waals surface area contributed by atoms with Gasteiger partial charge in [0.25, 0.3) is 0 Å². The molecule has 0 saturated heterocycles. The molecule has 6 heteroatoms. The molecule has 2 N–H and O–H groups in total. The molecular formula is C13H11ClO4S. The van der Waals surface area contributed by atoms with Gasteiger partial charge in [-0.15, -0.1) is 11.3 Å². The quantitative estimate of drug-likeness (QED) is 0.888. The Morgan fingerprint density at radius 2 is 2.16 bits per heavy atom. The predicted octanol–water partition coefficient (Wildman–Crippen LogP) is 3.35. The van der Waals surface area contributed by atoms with E-state index in [4.69, 9.17) is 16.3 Å². The van der Waals surface area contributed by atoms with Gasteiger partial charge in [0, 0.05) is 10.9 Å². The molecule has 100 valence electrons. The molecule has 0 saturated carbocycles. The first-order valence-corrected chi connectivity index (χ1v) is 6.65. The van der Waals surface area contributed by atoms with Gasteiger partial charge in [-0.3, -0.25) is 4.79 Å². The number of carbonyl (C=O) groups is 1. The molecule has 2 rings (SSSR count). The van der Waals surface area contributed by atoms with Crippen LogP contribution in [0.2, 0.25) is 4.34 Å². The average Bonchev–Trinajstić information content (AvgIpc) is 2.76. The summed E-state index contributed by atoms with van der Waals surface area (Å²) in [5.41, 5.74) is 0. The number of carboxylic acids is 1. The molecule has 0 aliphatic rings. The monoisotopic (exact) mass is 298 g/mol. The zero-order valence-corrected chi connectivity index (χ0v) is 11.3. The van der Waals surface area contributed by atoms with Crippen molar-refractivity contribution < 1.29 is 19.7 Å². The Hall–Kier alpha value is -1.72. The highest BCUT2D eigenvalue weighted by Crippen LogP contribution is 2.29. The summed E-state index contributed by atoms with van der Waals surface area (Å²) < 4.78 is 5.94. The summed E-state index contributed by atoms with van der Waals surface area (Å²) in [6.07, 6.45) is 0. The number of phenols is 1. The van der Waals surface area contributed by atoms with Gasteiger partial charge in [-0.25, -0.2) is 0 Å². The molecule has 0 spiro atoms. The molecule has 0 amide bonds. The van der Waals surface area contributed by atoms with Crippen molar-refractivity contribution in [2.45, 2.75) is 5.92 Å². The minimum atomic E-state index is -0.973. The van der Waals surface area contributed by atoms with E-state index in [1.54, 1.807) is 24.3 Å². The Morgan fingerprint density at radius 3 is 2.74 bits per heavy atom. The summed E-state index contributed by atoms with van der Waals surface area (Å²) >= 11 is 7.02. The summed E-state index contributed by atoms with van der Waals surface area (Å²) in [4.78, 5) is 11.9. The van der Waals surface area contributed by atoms with E-state index in [2.05, 4.69) is 0 Å². The number of aromatic hydroxyl groups is 1.